The average molecular weight is 398 g/mol. The van der Waals surface area contributed by atoms with Crippen molar-refractivity contribution < 1.29 is 14.4 Å². The van der Waals surface area contributed by atoms with Gasteiger partial charge in [0.2, 0.25) is 11.8 Å². The number of anilines is 1. The van der Waals surface area contributed by atoms with Crippen LogP contribution in [0.4, 0.5) is 5.00 Å². The fourth-order valence-corrected chi connectivity index (χ4v) is 5.04. The van der Waals surface area contributed by atoms with Crippen molar-refractivity contribution in [3.8, 4) is 0 Å². The third-order valence-corrected chi connectivity index (χ3v) is 6.60. The summed E-state index contributed by atoms with van der Waals surface area (Å²) in [5.74, 6) is -0.194. The monoisotopic (exact) mass is 398 g/mol. The number of rotatable bonds is 2. The van der Waals surface area contributed by atoms with Crippen LogP contribution in [0.2, 0.25) is 0 Å². The Kier molecular flexibility index (Phi) is 4.66. The summed E-state index contributed by atoms with van der Waals surface area (Å²) < 4.78 is 0. The summed E-state index contributed by atoms with van der Waals surface area (Å²) in [4.78, 5) is 48.0. The van der Waals surface area contributed by atoms with E-state index in [0.29, 0.717) is 30.1 Å². The van der Waals surface area contributed by atoms with Gasteiger partial charge in [-0.15, -0.1) is 11.3 Å². The lowest BCUT2D eigenvalue weighted by Crippen LogP contribution is -2.38. The van der Waals surface area contributed by atoms with Crippen molar-refractivity contribution in [2.45, 2.75) is 26.3 Å². The zero-order valence-corrected chi connectivity index (χ0v) is 17.0. The highest BCUT2D eigenvalue weighted by molar-refractivity contribution is 7.17. The molecule has 7 nitrogen and oxygen atoms in total. The standard InChI is InChI=1S/C20H22N4O3S/c1-12-4-6-21-13(8-12)9-16(25)24-7-5-14-15(10-24)28-20-18(14)19(27)22(2)11-17(26)23(20)3/h4,6,8H,5,7,9-11H2,1-3H3. The van der Waals surface area contributed by atoms with Gasteiger partial charge in [0.1, 0.15) is 11.5 Å². The zero-order chi connectivity index (χ0) is 20.0. The Morgan fingerprint density at radius 2 is 2.04 bits per heavy atom. The molecule has 146 valence electrons. The molecule has 4 heterocycles. The van der Waals surface area contributed by atoms with Crippen LogP contribution in [-0.4, -0.2) is 59.7 Å². The Morgan fingerprint density at radius 1 is 1.25 bits per heavy atom. The van der Waals surface area contributed by atoms with Crippen LogP contribution >= 0.6 is 11.3 Å². The predicted octanol–water partition coefficient (Wildman–Crippen LogP) is 1.63. The van der Waals surface area contributed by atoms with Gasteiger partial charge >= 0.3 is 0 Å². The molecule has 28 heavy (non-hydrogen) atoms. The first-order chi connectivity index (χ1) is 13.3. The molecule has 0 aromatic carbocycles. The molecule has 2 aromatic heterocycles. The van der Waals surface area contributed by atoms with Crippen molar-refractivity contribution in [3.63, 3.8) is 0 Å². The molecule has 3 amide bonds. The number of aryl methyl sites for hydroxylation is 1. The lowest BCUT2D eigenvalue weighted by atomic mass is 10.0. The first kappa shape index (κ1) is 18.6. The Bertz CT molecular complexity index is 984. The van der Waals surface area contributed by atoms with Crippen LogP contribution in [0.15, 0.2) is 18.3 Å². The topological polar surface area (TPSA) is 73.8 Å². The molecule has 2 aromatic rings. The number of likely N-dealkylation sites (N-methyl/N-ethyl adjacent to an activating group) is 2. The van der Waals surface area contributed by atoms with E-state index in [-0.39, 0.29) is 30.7 Å². The van der Waals surface area contributed by atoms with E-state index >= 15 is 0 Å². The first-order valence-electron chi connectivity index (χ1n) is 9.21. The number of hydrogen-bond acceptors (Lipinski definition) is 5. The maximum absolute atomic E-state index is 12.8. The van der Waals surface area contributed by atoms with Gasteiger partial charge in [0, 0.05) is 37.4 Å². The number of carbonyl (C=O) groups is 3. The Morgan fingerprint density at radius 3 is 2.79 bits per heavy atom. The largest absolute Gasteiger partial charge is 0.337 e. The highest BCUT2D eigenvalue weighted by Gasteiger charge is 2.36. The Labute approximate surface area is 167 Å². The van der Waals surface area contributed by atoms with E-state index in [0.717, 1.165) is 21.7 Å². The van der Waals surface area contributed by atoms with E-state index in [4.69, 9.17) is 0 Å². The van der Waals surface area contributed by atoms with Gasteiger partial charge in [-0.05, 0) is 36.6 Å². The first-order valence-corrected chi connectivity index (χ1v) is 10.0. The zero-order valence-electron chi connectivity index (χ0n) is 16.2. The van der Waals surface area contributed by atoms with Crippen LogP contribution in [-0.2, 0) is 29.0 Å². The third-order valence-electron chi connectivity index (χ3n) is 5.31. The van der Waals surface area contributed by atoms with Gasteiger partial charge in [0.25, 0.3) is 5.91 Å². The molecule has 4 rings (SSSR count). The molecule has 0 N–H and O–H groups in total. The fraction of sp³-hybridized carbons (Fsp3) is 0.400. The number of amides is 3. The lowest BCUT2D eigenvalue weighted by molar-refractivity contribution is -0.131. The number of thiophene rings is 1. The van der Waals surface area contributed by atoms with Gasteiger partial charge in [0.15, 0.2) is 0 Å². The quantitative estimate of drug-likeness (QED) is 0.771. The van der Waals surface area contributed by atoms with Crippen molar-refractivity contribution in [1.82, 2.24) is 14.8 Å². The minimum atomic E-state index is -0.117. The molecule has 0 fully saturated rings. The molecule has 0 aliphatic carbocycles. The van der Waals surface area contributed by atoms with Crippen LogP contribution in [0, 0.1) is 6.92 Å². The van der Waals surface area contributed by atoms with E-state index in [9.17, 15) is 14.4 Å². The normalized spacial score (nSPS) is 16.8. The summed E-state index contributed by atoms with van der Waals surface area (Å²) in [6, 6.07) is 3.83. The minimum absolute atomic E-state index is 0.0280. The van der Waals surface area contributed by atoms with Gasteiger partial charge in [0.05, 0.1) is 18.5 Å². The van der Waals surface area contributed by atoms with Gasteiger partial charge in [-0.2, -0.15) is 0 Å². The lowest BCUT2D eigenvalue weighted by Gasteiger charge is -2.27. The average Bonchev–Trinajstić information content (AvgIpc) is 3.01. The molecule has 0 saturated heterocycles. The number of nitrogens with zero attached hydrogens (tertiary/aromatic N) is 4. The summed E-state index contributed by atoms with van der Waals surface area (Å²) >= 11 is 1.45. The fourth-order valence-electron chi connectivity index (χ4n) is 3.71. The van der Waals surface area contributed by atoms with E-state index in [1.54, 1.807) is 25.2 Å². The van der Waals surface area contributed by atoms with Crippen molar-refractivity contribution in [2.75, 3.05) is 32.1 Å². The molecule has 0 atom stereocenters. The second-order valence-corrected chi connectivity index (χ2v) is 8.45. The summed E-state index contributed by atoms with van der Waals surface area (Å²) in [6.07, 6.45) is 2.61. The predicted molar refractivity (Wildman–Crippen MR) is 106 cm³/mol. The minimum Gasteiger partial charge on any atom is -0.337 e. The molecule has 0 spiro atoms. The van der Waals surface area contributed by atoms with Crippen LogP contribution < -0.4 is 4.90 Å². The molecular formula is C20H22N4O3S. The second-order valence-electron chi connectivity index (χ2n) is 7.36. The van der Waals surface area contributed by atoms with Gasteiger partial charge in [-0.1, -0.05) is 0 Å². The molecule has 0 radical (unpaired) electrons. The highest BCUT2D eigenvalue weighted by Crippen LogP contribution is 2.40. The van der Waals surface area contributed by atoms with Crippen LogP contribution in [0.1, 0.15) is 32.1 Å². The molecular weight excluding hydrogens is 376 g/mol. The molecule has 0 bridgehead atoms. The highest BCUT2D eigenvalue weighted by atomic mass is 32.1. The number of aromatic nitrogens is 1. The molecule has 2 aliphatic rings. The van der Waals surface area contributed by atoms with Crippen molar-refractivity contribution >= 4 is 34.1 Å². The molecule has 0 unspecified atom stereocenters. The Hall–Kier alpha value is -2.74. The van der Waals surface area contributed by atoms with Crippen molar-refractivity contribution in [2.24, 2.45) is 0 Å². The van der Waals surface area contributed by atoms with Crippen LogP contribution in [0.5, 0.6) is 0 Å². The second kappa shape index (κ2) is 7.01. The van der Waals surface area contributed by atoms with E-state index in [1.165, 1.54) is 16.2 Å². The summed E-state index contributed by atoms with van der Waals surface area (Å²) in [7, 11) is 3.36. The smallest absolute Gasteiger partial charge is 0.257 e. The van der Waals surface area contributed by atoms with Crippen molar-refractivity contribution in [1.29, 1.82) is 0 Å². The molecule has 2 aliphatic heterocycles. The SMILES string of the molecule is Cc1ccnc(CC(=O)N2CCc3c(sc4c3C(=O)N(C)CC(=O)N4C)C2)c1. The molecule has 8 heteroatoms. The number of pyridine rings is 1. The van der Waals surface area contributed by atoms with Crippen molar-refractivity contribution in [3.05, 3.63) is 45.6 Å². The van der Waals surface area contributed by atoms with Gasteiger partial charge < -0.3 is 14.7 Å². The molecule has 0 saturated carbocycles. The van der Waals surface area contributed by atoms with Gasteiger partial charge in [-0.3, -0.25) is 19.4 Å². The summed E-state index contributed by atoms with van der Waals surface area (Å²) in [6.45, 7) is 3.10. The maximum atomic E-state index is 12.8. The Balaban J connectivity index is 1.59. The van der Waals surface area contributed by atoms with E-state index < -0.39 is 0 Å². The van der Waals surface area contributed by atoms with E-state index in [1.807, 2.05) is 24.0 Å². The summed E-state index contributed by atoms with van der Waals surface area (Å²) in [5.41, 5.74) is 3.45. The third kappa shape index (κ3) is 3.17. The summed E-state index contributed by atoms with van der Waals surface area (Å²) in [5, 5.41) is 0.694. The number of carbonyl (C=O) groups excluding carboxylic acids is 3. The number of hydrogen-bond donors (Lipinski definition) is 0. The number of fused-ring (bicyclic) bond motifs is 3. The maximum Gasteiger partial charge on any atom is 0.257 e. The van der Waals surface area contributed by atoms with E-state index in [2.05, 4.69) is 4.98 Å². The van der Waals surface area contributed by atoms with Crippen LogP contribution in [0.25, 0.3) is 0 Å². The van der Waals surface area contributed by atoms with Gasteiger partial charge in [-0.25, -0.2) is 0 Å². The van der Waals surface area contributed by atoms with Crippen LogP contribution in [0.3, 0.4) is 0 Å².